The van der Waals surface area contributed by atoms with E-state index in [4.69, 9.17) is 0 Å². The summed E-state index contributed by atoms with van der Waals surface area (Å²) in [5.41, 5.74) is 4.85. The molecule has 0 atom stereocenters. The van der Waals surface area contributed by atoms with Gasteiger partial charge < -0.3 is 4.89 Å². The Hall–Kier alpha value is -1.17. The van der Waals surface area contributed by atoms with E-state index in [1.54, 1.807) is 0 Å². The molecule has 0 aliphatic carbocycles. The molecule has 1 nitrogen and oxygen atoms in total. The predicted octanol–water partition coefficient (Wildman–Crippen LogP) is 7.22. The molecular weight excluding hydrogens is 383 g/mol. The fraction of sp³-hybridized carbons (Fsp3) is 0.571. The number of rotatable bonds is 2. The fourth-order valence-corrected chi connectivity index (χ4v) is 6.85. The molecule has 0 aromatic heterocycles. The van der Waals surface area contributed by atoms with Crippen molar-refractivity contribution in [1.29, 1.82) is 0 Å². The highest BCUT2D eigenvalue weighted by Crippen LogP contribution is 2.44. The first kappa shape index (κ1) is 25.1. The maximum atomic E-state index is 12.2. The molecule has 0 bridgehead atoms. The van der Waals surface area contributed by atoms with Crippen molar-refractivity contribution in [2.24, 2.45) is 0 Å². The molecule has 30 heavy (non-hydrogen) atoms. The van der Waals surface area contributed by atoms with Crippen molar-refractivity contribution in [2.45, 2.75) is 105 Å². The lowest BCUT2D eigenvalue weighted by Gasteiger charge is -2.36. The van der Waals surface area contributed by atoms with Crippen LogP contribution in [0.15, 0.2) is 36.4 Å². The Morgan fingerprint density at radius 2 is 0.667 bits per heavy atom. The quantitative estimate of drug-likeness (QED) is 0.503. The Labute approximate surface area is 187 Å². The van der Waals surface area contributed by atoms with E-state index in [2.05, 4.69) is 119 Å². The van der Waals surface area contributed by atoms with Crippen LogP contribution >= 0.6 is 8.15 Å². The summed E-state index contributed by atoms with van der Waals surface area (Å²) in [6.07, 6.45) is 0. The number of hydrogen-bond donors (Lipinski definition) is 1. The van der Waals surface area contributed by atoms with E-state index < -0.39 is 8.15 Å². The minimum Gasteiger partial charge on any atom is -0.364 e. The molecule has 2 heteroatoms. The van der Waals surface area contributed by atoms with E-state index >= 15 is 0 Å². The maximum Gasteiger partial charge on any atom is 0.0889 e. The maximum absolute atomic E-state index is 12.2. The third-order valence-corrected chi connectivity index (χ3v) is 7.54. The van der Waals surface area contributed by atoms with Gasteiger partial charge in [-0.25, -0.2) is 0 Å². The molecule has 0 saturated carbocycles. The van der Waals surface area contributed by atoms with Gasteiger partial charge in [-0.05, 0) is 43.9 Å². The lowest BCUT2D eigenvalue weighted by Crippen LogP contribution is -2.36. The van der Waals surface area contributed by atoms with Crippen LogP contribution in [0.1, 0.15) is 105 Å². The monoisotopic (exact) mass is 426 g/mol. The van der Waals surface area contributed by atoms with Crippen LogP contribution in [0.2, 0.25) is 0 Å². The summed E-state index contributed by atoms with van der Waals surface area (Å²) in [7, 11) is -1.51. The lowest BCUT2D eigenvalue weighted by atomic mass is 9.80. The van der Waals surface area contributed by atoms with E-state index in [0.29, 0.717) is 0 Å². The molecule has 166 valence electrons. The topological polar surface area (TPSA) is 20.2 Å². The van der Waals surface area contributed by atoms with Crippen molar-refractivity contribution in [3.63, 3.8) is 0 Å². The summed E-state index contributed by atoms with van der Waals surface area (Å²) in [6.45, 7) is 27.0. The van der Waals surface area contributed by atoms with E-state index in [0.717, 1.165) is 10.6 Å². The zero-order valence-corrected chi connectivity index (χ0v) is 22.3. The minimum atomic E-state index is -1.51. The van der Waals surface area contributed by atoms with Crippen LogP contribution in [0, 0.1) is 0 Å². The van der Waals surface area contributed by atoms with Crippen molar-refractivity contribution in [2.75, 3.05) is 0 Å². The van der Waals surface area contributed by atoms with Gasteiger partial charge in [0.1, 0.15) is 0 Å². The molecule has 2 aromatic carbocycles. The summed E-state index contributed by atoms with van der Waals surface area (Å²) < 4.78 is 0. The highest BCUT2D eigenvalue weighted by Gasteiger charge is 2.35. The van der Waals surface area contributed by atoms with Crippen molar-refractivity contribution < 1.29 is 4.89 Å². The average molecular weight is 427 g/mol. The Morgan fingerprint density at radius 3 is 0.833 bits per heavy atom. The van der Waals surface area contributed by atoms with Crippen LogP contribution in [0.25, 0.3) is 0 Å². The SMILES string of the molecule is CC(C)(C)c1cccc(C(C)(C)C)c1P(O)c1c(C(C)(C)C)cccc1C(C)(C)C. The molecule has 1 N–H and O–H groups in total. The first-order valence-corrected chi connectivity index (χ1v) is 12.4. The molecule has 0 spiro atoms. The van der Waals surface area contributed by atoms with Gasteiger partial charge in [0.2, 0.25) is 0 Å². The number of benzene rings is 2. The first-order chi connectivity index (χ1) is 13.4. The van der Waals surface area contributed by atoms with Gasteiger partial charge in [0.25, 0.3) is 0 Å². The zero-order chi connectivity index (χ0) is 23.3. The molecule has 2 aromatic rings. The Morgan fingerprint density at radius 1 is 0.467 bits per heavy atom. The molecule has 0 unspecified atom stereocenters. The van der Waals surface area contributed by atoms with E-state index in [-0.39, 0.29) is 21.7 Å². The Bertz CT molecular complexity index is 756. The Kier molecular flexibility index (Phi) is 6.75. The summed E-state index contributed by atoms with van der Waals surface area (Å²) >= 11 is 0. The summed E-state index contributed by atoms with van der Waals surface area (Å²) in [4.78, 5) is 12.2. The molecule has 0 fully saturated rings. The van der Waals surface area contributed by atoms with Crippen LogP contribution in [0.3, 0.4) is 0 Å². The van der Waals surface area contributed by atoms with Gasteiger partial charge in [0.15, 0.2) is 0 Å². The summed E-state index contributed by atoms with van der Waals surface area (Å²) in [5, 5.41) is 2.30. The molecule has 0 aliphatic rings. The predicted molar refractivity (Wildman–Crippen MR) is 136 cm³/mol. The molecule has 0 saturated heterocycles. The smallest absolute Gasteiger partial charge is 0.0889 e. The lowest BCUT2D eigenvalue weighted by molar-refractivity contribution is 0.566. The summed E-state index contributed by atoms with van der Waals surface area (Å²) in [5.74, 6) is 0. The fourth-order valence-electron chi connectivity index (χ4n) is 4.08. The normalized spacial score (nSPS) is 13.8. The highest BCUT2D eigenvalue weighted by molar-refractivity contribution is 7.68. The van der Waals surface area contributed by atoms with Crippen LogP contribution in [0.5, 0.6) is 0 Å². The van der Waals surface area contributed by atoms with E-state index in [1.807, 2.05) is 0 Å². The van der Waals surface area contributed by atoms with Crippen molar-refractivity contribution in [3.05, 3.63) is 58.7 Å². The Balaban J connectivity index is 3.00. The van der Waals surface area contributed by atoms with Gasteiger partial charge >= 0.3 is 0 Å². The van der Waals surface area contributed by atoms with Gasteiger partial charge in [0.05, 0.1) is 8.15 Å². The van der Waals surface area contributed by atoms with Crippen molar-refractivity contribution in [3.8, 4) is 0 Å². The van der Waals surface area contributed by atoms with Crippen LogP contribution in [-0.4, -0.2) is 4.89 Å². The standard InChI is InChI=1S/C28H43OP/c1-25(2,3)19-15-13-16-20(26(4,5)6)23(19)30(29)24-21(27(7,8)9)17-14-18-22(24)28(10,11)12/h13-18,29H,1-12H3. The van der Waals surface area contributed by atoms with Crippen molar-refractivity contribution >= 4 is 18.8 Å². The number of hydrogen-bond acceptors (Lipinski definition) is 1. The van der Waals surface area contributed by atoms with Gasteiger partial charge in [-0.3, -0.25) is 0 Å². The third kappa shape index (κ3) is 5.17. The van der Waals surface area contributed by atoms with Gasteiger partial charge in [-0.1, -0.05) is 119 Å². The van der Waals surface area contributed by atoms with E-state index in [9.17, 15) is 4.89 Å². The van der Waals surface area contributed by atoms with E-state index in [1.165, 1.54) is 22.3 Å². The summed E-state index contributed by atoms with van der Waals surface area (Å²) in [6, 6.07) is 13.2. The van der Waals surface area contributed by atoms with Crippen LogP contribution < -0.4 is 10.6 Å². The third-order valence-electron chi connectivity index (χ3n) is 5.73. The van der Waals surface area contributed by atoms with Gasteiger partial charge in [-0.2, -0.15) is 0 Å². The van der Waals surface area contributed by atoms with Gasteiger partial charge in [-0.15, -0.1) is 0 Å². The molecule has 0 radical (unpaired) electrons. The second-order valence-electron chi connectivity index (χ2n) is 12.7. The largest absolute Gasteiger partial charge is 0.364 e. The minimum absolute atomic E-state index is 0.0432. The van der Waals surface area contributed by atoms with Crippen LogP contribution in [-0.2, 0) is 21.7 Å². The molecular formula is C28H43OP. The molecule has 0 amide bonds. The second kappa shape index (κ2) is 8.07. The molecule has 0 heterocycles. The average Bonchev–Trinajstić information content (AvgIpc) is 2.56. The molecule has 2 rings (SSSR count). The van der Waals surface area contributed by atoms with Crippen LogP contribution in [0.4, 0.5) is 0 Å². The van der Waals surface area contributed by atoms with Crippen molar-refractivity contribution in [1.82, 2.24) is 0 Å². The first-order valence-electron chi connectivity index (χ1n) is 11.1. The zero-order valence-electron chi connectivity index (χ0n) is 21.4. The second-order valence-corrected chi connectivity index (χ2v) is 14.2. The van der Waals surface area contributed by atoms with Gasteiger partial charge in [0, 0.05) is 10.6 Å². The molecule has 0 aliphatic heterocycles. The highest BCUT2D eigenvalue weighted by atomic mass is 31.1.